The fraction of sp³-hybridized carbons (Fsp3) is 0.312. The third kappa shape index (κ3) is 2.66. The van der Waals surface area contributed by atoms with E-state index >= 15 is 0 Å². The average Bonchev–Trinajstić information content (AvgIpc) is 3.60. The van der Waals surface area contributed by atoms with Crippen molar-refractivity contribution in [1.82, 2.24) is 0 Å². The van der Waals surface area contributed by atoms with Crippen LogP contribution in [0.4, 0.5) is 0 Å². The molecule has 0 bridgehead atoms. The Balaban J connectivity index is 1.29. The van der Waals surface area contributed by atoms with Crippen LogP contribution in [0.3, 0.4) is 0 Å². The Morgan fingerprint density at radius 1 is 1.03 bits per heavy atom. The Morgan fingerprint density at radius 3 is 2.86 bits per heavy atom. The highest BCUT2D eigenvalue weighted by atomic mass is 32.2. The first-order valence-electron chi connectivity index (χ1n) is 12.9. The minimum Gasteiger partial charge on any atom is -0.489 e. The van der Waals surface area contributed by atoms with Crippen molar-refractivity contribution in [2.45, 2.75) is 44.6 Å². The predicted molar refractivity (Wildman–Crippen MR) is 149 cm³/mol. The smallest absolute Gasteiger partial charge is 0.131 e. The number of fused-ring (bicyclic) bond motifs is 8. The molecule has 1 aromatic heterocycles. The van der Waals surface area contributed by atoms with Gasteiger partial charge in [0.2, 0.25) is 0 Å². The summed E-state index contributed by atoms with van der Waals surface area (Å²) in [5.74, 6) is 3.11. The molecule has 6 aliphatic rings. The minimum atomic E-state index is 0.00959. The molecule has 0 fully saturated rings. The summed E-state index contributed by atoms with van der Waals surface area (Å²) >= 11 is 4.12. The van der Waals surface area contributed by atoms with Crippen molar-refractivity contribution in [3.8, 4) is 0 Å². The lowest BCUT2D eigenvalue weighted by molar-refractivity contribution is 0.125. The van der Waals surface area contributed by atoms with E-state index < -0.39 is 0 Å². The van der Waals surface area contributed by atoms with Gasteiger partial charge in [-0.15, -0.1) is 23.1 Å². The van der Waals surface area contributed by atoms with Crippen LogP contribution in [-0.4, -0.2) is 11.9 Å². The Labute approximate surface area is 215 Å². The van der Waals surface area contributed by atoms with Crippen molar-refractivity contribution in [3.63, 3.8) is 0 Å². The van der Waals surface area contributed by atoms with Crippen molar-refractivity contribution in [3.05, 3.63) is 110 Å². The van der Waals surface area contributed by atoms with E-state index in [1.165, 1.54) is 55.9 Å². The third-order valence-corrected chi connectivity index (χ3v) is 11.8. The molecule has 0 spiro atoms. The van der Waals surface area contributed by atoms with Crippen LogP contribution in [-0.2, 0) is 10.2 Å². The Kier molecular flexibility index (Phi) is 4.30. The number of hydrogen-bond acceptors (Lipinski definition) is 3. The van der Waals surface area contributed by atoms with Crippen LogP contribution in [0.15, 0.2) is 99.3 Å². The molecule has 0 amide bonds. The minimum absolute atomic E-state index is 0.00959. The molecule has 1 aromatic carbocycles. The molecule has 174 valence electrons. The largest absolute Gasteiger partial charge is 0.489 e. The maximum absolute atomic E-state index is 6.61. The Bertz CT molecular complexity index is 1530. The number of thioether (sulfide) groups is 1. The van der Waals surface area contributed by atoms with Crippen molar-refractivity contribution in [2.75, 3.05) is 5.75 Å². The van der Waals surface area contributed by atoms with E-state index in [0.29, 0.717) is 11.8 Å². The number of benzene rings is 1. The van der Waals surface area contributed by atoms with Crippen LogP contribution in [0.1, 0.15) is 43.6 Å². The summed E-state index contributed by atoms with van der Waals surface area (Å²) in [7, 11) is 0. The van der Waals surface area contributed by atoms with Crippen LogP contribution < -0.4 is 0 Å². The predicted octanol–water partition coefficient (Wildman–Crippen LogP) is 8.64. The topological polar surface area (TPSA) is 9.23 Å². The molecular formula is C32H28OS2. The van der Waals surface area contributed by atoms with E-state index in [-0.39, 0.29) is 11.5 Å². The summed E-state index contributed by atoms with van der Waals surface area (Å²) in [6.07, 6.45) is 20.3. The summed E-state index contributed by atoms with van der Waals surface area (Å²) in [5.41, 5.74) is 8.73. The lowest BCUT2D eigenvalue weighted by Crippen LogP contribution is -2.39. The molecule has 4 atom stereocenters. The van der Waals surface area contributed by atoms with Crippen LogP contribution >= 0.6 is 23.1 Å². The van der Waals surface area contributed by atoms with Gasteiger partial charge in [-0.25, -0.2) is 0 Å². The van der Waals surface area contributed by atoms with E-state index in [0.717, 1.165) is 12.8 Å². The summed E-state index contributed by atoms with van der Waals surface area (Å²) in [6.45, 7) is 4.91. The molecule has 3 heterocycles. The van der Waals surface area contributed by atoms with Crippen molar-refractivity contribution in [2.24, 2.45) is 11.8 Å². The summed E-state index contributed by atoms with van der Waals surface area (Å²) < 4.78 is 8.02. The van der Waals surface area contributed by atoms with E-state index in [1.54, 1.807) is 15.4 Å². The lowest BCUT2D eigenvalue weighted by atomic mass is 9.61. The maximum atomic E-state index is 6.61. The van der Waals surface area contributed by atoms with Gasteiger partial charge in [-0.2, -0.15) is 0 Å². The molecule has 1 nitrogen and oxygen atoms in total. The highest BCUT2D eigenvalue weighted by Gasteiger charge is 2.51. The molecular weight excluding hydrogens is 464 g/mol. The fourth-order valence-corrected chi connectivity index (χ4v) is 10.1. The molecule has 2 aromatic rings. The SMILES string of the molecule is CC1C(C2=CC3=C(SCC3)C3(C)c4sc5ccccc5c4C=CC23)=CC=C2C3=C(CCC=C3)OC21. The lowest BCUT2D eigenvalue weighted by Gasteiger charge is -2.45. The molecule has 3 heteroatoms. The van der Waals surface area contributed by atoms with E-state index in [9.17, 15) is 0 Å². The summed E-state index contributed by atoms with van der Waals surface area (Å²) in [4.78, 5) is 3.17. The molecule has 8 rings (SSSR count). The van der Waals surface area contributed by atoms with Crippen molar-refractivity contribution >= 4 is 39.3 Å². The zero-order chi connectivity index (χ0) is 23.3. The van der Waals surface area contributed by atoms with Gasteiger partial charge >= 0.3 is 0 Å². The van der Waals surface area contributed by atoms with Gasteiger partial charge in [0, 0.05) is 55.1 Å². The van der Waals surface area contributed by atoms with Gasteiger partial charge < -0.3 is 4.74 Å². The quantitative estimate of drug-likeness (QED) is 0.394. The van der Waals surface area contributed by atoms with Gasteiger partial charge in [0.05, 0.1) is 0 Å². The van der Waals surface area contributed by atoms with Crippen LogP contribution in [0.25, 0.3) is 16.2 Å². The first-order chi connectivity index (χ1) is 17.1. The zero-order valence-electron chi connectivity index (χ0n) is 20.1. The number of ether oxygens (including phenoxy) is 1. The summed E-state index contributed by atoms with van der Waals surface area (Å²) in [6, 6.07) is 8.95. The van der Waals surface area contributed by atoms with Gasteiger partial charge in [-0.1, -0.05) is 67.7 Å². The van der Waals surface area contributed by atoms with Gasteiger partial charge in [-0.05, 0) is 53.5 Å². The normalized spacial score (nSPS) is 32.4. The number of rotatable bonds is 1. The van der Waals surface area contributed by atoms with E-state index in [2.05, 4.69) is 92.4 Å². The van der Waals surface area contributed by atoms with Gasteiger partial charge in [-0.3, -0.25) is 0 Å². The molecule has 0 radical (unpaired) electrons. The van der Waals surface area contributed by atoms with Crippen LogP contribution in [0.5, 0.6) is 0 Å². The molecule has 35 heavy (non-hydrogen) atoms. The van der Waals surface area contributed by atoms with Gasteiger partial charge in [0.1, 0.15) is 11.9 Å². The number of hydrogen-bond donors (Lipinski definition) is 0. The van der Waals surface area contributed by atoms with E-state index in [4.69, 9.17) is 4.74 Å². The monoisotopic (exact) mass is 492 g/mol. The number of thiophene rings is 1. The first kappa shape index (κ1) is 20.7. The highest BCUT2D eigenvalue weighted by Crippen LogP contribution is 2.62. The number of allylic oxidation sites excluding steroid dienone is 10. The standard InChI is InChI=1S/C32H28OS2/c1-18-20(11-12-23-21-7-3-5-9-27(21)33-29(18)23)25-17-19-15-16-34-30(19)32(2)26(25)14-13-24-22-8-4-6-10-28(22)35-31(24)32/h3-4,6-8,10-14,17-18,26,29H,5,9,15-16H2,1-2H3. The second-order valence-corrected chi connectivity index (χ2v) is 12.9. The summed E-state index contributed by atoms with van der Waals surface area (Å²) in [5, 5.41) is 1.41. The molecule has 0 N–H and O–H groups in total. The van der Waals surface area contributed by atoms with Crippen molar-refractivity contribution in [1.29, 1.82) is 0 Å². The Hall–Kier alpha value is -2.49. The van der Waals surface area contributed by atoms with Gasteiger partial charge in [0.15, 0.2) is 0 Å². The maximum Gasteiger partial charge on any atom is 0.131 e. The molecule has 2 aliphatic heterocycles. The first-order valence-corrected chi connectivity index (χ1v) is 14.7. The van der Waals surface area contributed by atoms with Crippen LogP contribution in [0, 0.1) is 11.8 Å². The molecule has 0 saturated heterocycles. The molecule has 4 unspecified atom stereocenters. The second kappa shape index (κ2) is 7.27. The second-order valence-electron chi connectivity index (χ2n) is 10.8. The zero-order valence-corrected chi connectivity index (χ0v) is 21.8. The van der Waals surface area contributed by atoms with Crippen molar-refractivity contribution < 1.29 is 4.74 Å². The third-order valence-electron chi connectivity index (χ3n) is 8.96. The van der Waals surface area contributed by atoms with E-state index in [1.807, 2.05) is 11.3 Å². The average molecular weight is 493 g/mol. The highest BCUT2D eigenvalue weighted by molar-refractivity contribution is 8.03. The molecule has 4 aliphatic carbocycles. The van der Waals surface area contributed by atoms with Gasteiger partial charge in [0.25, 0.3) is 0 Å². The Morgan fingerprint density at radius 2 is 1.91 bits per heavy atom. The fourth-order valence-electron chi connectivity index (χ4n) is 7.24. The molecule has 0 saturated carbocycles. The van der Waals surface area contributed by atoms with Crippen LogP contribution in [0.2, 0.25) is 0 Å².